The molecular weight excluding hydrogens is 522 g/mol. The third-order valence-corrected chi connectivity index (χ3v) is 8.16. The molecule has 3 aromatic carbocycles. The number of fused-ring (bicyclic) bond motifs is 1. The second-order valence-electron chi connectivity index (χ2n) is 10.9. The average molecular weight is 556 g/mol. The SMILES string of the molecule is Cc1cc(C=Nn2c(C3CCCCC3)nc3ccccc3c2=O)c(C)n1-c1ccc(OCc2ccccc2C#N)cc1. The normalized spacial score (nSPS) is 13.9. The lowest BCUT2D eigenvalue weighted by Crippen LogP contribution is -2.25. The van der Waals surface area contributed by atoms with Crippen molar-refractivity contribution in [2.24, 2.45) is 5.10 Å². The molecule has 0 amide bonds. The highest BCUT2D eigenvalue weighted by molar-refractivity contribution is 5.82. The maximum absolute atomic E-state index is 13.6. The standard InChI is InChI=1S/C35H33N5O2/c1-24-20-29(22-37-40-34(26-10-4-3-5-11-26)38-33-15-9-8-14-32(33)35(40)41)25(2)39(24)30-16-18-31(19-17-30)42-23-28-13-7-6-12-27(28)21-36/h6-9,12-20,22,26H,3-5,10-11,23H2,1-2H3. The Labute approximate surface area is 245 Å². The van der Waals surface area contributed by atoms with Crippen LogP contribution in [0.2, 0.25) is 0 Å². The molecule has 1 aliphatic carbocycles. The topological polar surface area (TPSA) is 85.2 Å². The van der Waals surface area contributed by atoms with Gasteiger partial charge in [-0.15, -0.1) is 0 Å². The molecule has 210 valence electrons. The van der Waals surface area contributed by atoms with Gasteiger partial charge in [-0.05, 0) is 75.2 Å². The van der Waals surface area contributed by atoms with Crippen molar-refractivity contribution in [1.82, 2.24) is 14.2 Å². The maximum atomic E-state index is 13.6. The Morgan fingerprint density at radius 2 is 1.74 bits per heavy atom. The van der Waals surface area contributed by atoms with Crippen LogP contribution in [0, 0.1) is 25.2 Å². The van der Waals surface area contributed by atoms with Crippen molar-refractivity contribution in [3.8, 4) is 17.5 Å². The minimum absolute atomic E-state index is 0.126. The molecule has 0 aliphatic heterocycles. The van der Waals surface area contributed by atoms with E-state index in [2.05, 4.69) is 30.6 Å². The van der Waals surface area contributed by atoms with E-state index in [4.69, 9.17) is 14.8 Å². The van der Waals surface area contributed by atoms with Crippen LogP contribution in [0.5, 0.6) is 5.75 Å². The fraction of sp³-hybridized carbons (Fsp3) is 0.257. The first-order valence-corrected chi connectivity index (χ1v) is 14.5. The first kappa shape index (κ1) is 27.2. The highest BCUT2D eigenvalue weighted by Crippen LogP contribution is 2.32. The first-order chi connectivity index (χ1) is 20.5. The fourth-order valence-electron chi connectivity index (χ4n) is 5.92. The summed E-state index contributed by atoms with van der Waals surface area (Å²) >= 11 is 0. The van der Waals surface area contributed by atoms with E-state index >= 15 is 0 Å². The van der Waals surface area contributed by atoms with Crippen molar-refractivity contribution < 1.29 is 4.74 Å². The number of nitriles is 1. The molecule has 0 radical (unpaired) electrons. The average Bonchev–Trinajstić information content (AvgIpc) is 3.32. The molecular formula is C35H33N5O2. The monoisotopic (exact) mass is 555 g/mol. The molecule has 7 heteroatoms. The van der Waals surface area contributed by atoms with Gasteiger partial charge in [0.05, 0.1) is 28.8 Å². The van der Waals surface area contributed by atoms with Gasteiger partial charge in [0.25, 0.3) is 5.56 Å². The number of hydrogen-bond donors (Lipinski definition) is 0. The van der Waals surface area contributed by atoms with Gasteiger partial charge in [0.15, 0.2) is 0 Å². The Morgan fingerprint density at radius 1 is 1.00 bits per heavy atom. The zero-order valence-electron chi connectivity index (χ0n) is 24.0. The van der Waals surface area contributed by atoms with Gasteiger partial charge in [-0.1, -0.05) is 49.6 Å². The third-order valence-electron chi connectivity index (χ3n) is 8.16. The zero-order valence-corrected chi connectivity index (χ0v) is 24.0. The highest BCUT2D eigenvalue weighted by atomic mass is 16.5. The van der Waals surface area contributed by atoms with Gasteiger partial charge in [-0.3, -0.25) is 4.79 Å². The molecule has 0 saturated heterocycles. The van der Waals surface area contributed by atoms with Gasteiger partial charge in [-0.2, -0.15) is 15.0 Å². The summed E-state index contributed by atoms with van der Waals surface area (Å²) in [7, 11) is 0. The van der Waals surface area contributed by atoms with Crippen molar-refractivity contribution in [2.45, 2.75) is 58.5 Å². The lowest BCUT2D eigenvalue weighted by Gasteiger charge is -2.22. The molecule has 1 saturated carbocycles. The summed E-state index contributed by atoms with van der Waals surface area (Å²) in [5.74, 6) is 1.72. The Kier molecular flexibility index (Phi) is 7.70. The summed E-state index contributed by atoms with van der Waals surface area (Å²) in [6.07, 6.45) is 7.36. The number of nitrogens with zero attached hydrogens (tertiary/aromatic N) is 5. The minimum atomic E-state index is -0.126. The molecule has 0 bridgehead atoms. The van der Waals surface area contributed by atoms with Gasteiger partial charge in [0, 0.05) is 34.1 Å². The van der Waals surface area contributed by atoms with Gasteiger partial charge in [-0.25, -0.2) is 4.98 Å². The predicted molar refractivity (Wildman–Crippen MR) is 166 cm³/mol. The summed E-state index contributed by atoms with van der Waals surface area (Å²) in [6, 6.07) is 27.2. The second-order valence-corrected chi connectivity index (χ2v) is 10.9. The summed E-state index contributed by atoms with van der Waals surface area (Å²) in [4.78, 5) is 18.5. The second kappa shape index (κ2) is 11.9. The largest absolute Gasteiger partial charge is 0.489 e. The quantitative estimate of drug-likeness (QED) is 0.199. The van der Waals surface area contributed by atoms with Crippen LogP contribution in [0.1, 0.15) is 71.9 Å². The smallest absolute Gasteiger partial charge is 0.282 e. The molecule has 1 fully saturated rings. The lowest BCUT2D eigenvalue weighted by molar-refractivity contribution is 0.306. The Morgan fingerprint density at radius 3 is 2.52 bits per heavy atom. The summed E-state index contributed by atoms with van der Waals surface area (Å²) < 4.78 is 9.66. The molecule has 0 atom stereocenters. The number of ether oxygens (including phenoxy) is 1. The molecule has 42 heavy (non-hydrogen) atoms. The van der Waals surface area contributed by atoms with Crippen LogP contribution in [-0.2, 0) is 6.61 Å². The van der Waals surface area contributed by atoms with Crippen LogP contribution in [0.25, 0.3) is 16.6 Å². The van der Waals surface area contributed by atoms with Crippen LogP contribution in [0.4, 0.5) is 0 Å². The third kappa shape index (κ3) is 5.36. The Bertz CT molecular complexity index is 1870. The lowest BCUT2D eigenvalue weighted by atomic mass is 9.88. The number of benzene rings is 3. The number of para-hydroxylation sites is 1. The molecule has 2 aromatic heterocycles. The maximum Gasteiger partial charge on any atom is 0.282 e. The molecule has 2 heterocycles. The van der Waals surface area contributed by atoms with E-state index < -0.39 is 0 Å². The van der Waals surface area contributed by atoms with Crippen LogP contribution >= 0.6 is 0 Å². The number of aryl methyl sites for hydroxylation is 1. The van der Waals surface area contributed by atoms with E-state index in [0.717, 1.165) is 71.0 Å². The van der Waals surface area contributed by atoms with E-state index in [0.29, 0.717) is 17.6 Å². The van der Waals surface area contributed by atoms with Gasteiger partial charge < -0.3 is 9.30 Å². The van der Waals surface area contributed by atoms with Crippen molar-refractivity contribution in [3.63, 3.8) is 0 Å². The summed E-state index contributed by atoms with van der Waals surface area (Å²) in [5, 5.41) is 14.7. The van der Waals surface area contributed by atoms with E-state index in [-0.39, 0.29) is 11.5 Å². The van der Waals surface area contributed by atoms with E-state index in [1.165, 1.54) is 11.1 Å². The molecule has 0 N–H and O–H groups in total. The molecule has 5 aromatic rings. The van der Waals surface area contributed by atoms with Gasteiger partial charge in [0.2, 0.25) is 0 Å². The van der Waals surface area contributed by atoms with E-state index in [1.54, 1.807) is 12.3 Å². The fourth-order valence-corrected chi connectivity index (χ4v) is 5.92. The predicted octanol–water partition coefficient (Wildman–Crippen LogP) is 7.18. The Balaban J connectivity index is 1.28. The van der Waals surface area contributed by atoms with Crippen LogP contribution in [-0.4, -0.2) is 20.4 Å². The van der Waals surface area contributed by atoms with Crippen molar-refractivity contribution >= 4 is 17.1 Å². The Hall–Kier alpha value is -4.96. The molecule has 6 rings (SSSR count). The van der Waals surface area contributed by atoms with Gasteiger partial charge >= 0.3 is 0 Å². The van der Waals surface area contributed by atoms with Crippen molar-refractivity contribution in [3.05, 3.63) is 123 Å². The van der Waals surface area contributed by atoms with E-state index in [1.807, 2.05) is 66.7 Å². The summed E-state index contributed by atoms with van der Waals surface area (Å²) in [6.45, 7) is 4.45. The number of aromatic nitrogens is 3. The number of rotatable bonds is 7. The van der Waals surface area contributed by atoms with Crippen LogP contribution < -0.4 is 10.3 Å². The molecule has 0 spiro atoms. The van der Waals surface area contributed by atoms with Crippen LogP contribution in [0.15, 0.2) is 88.8 Å². The molecule has 7 nitrogen and oxygen atoms in total. The van der Waals surface area contributed by atoms with Crippen molar-refractivity contribution in [2.75, 3.05) is 0 Å². The van der Waals surface area contributed by atoms with Crippen LogP contribution in [0.3, 0.4) is 0 Å². The number of hydrogen-bond acceptors (Lipinski definition) is 5. The van der Waals surface area contributed by atoms with E-state index in [9.17, 15) is 10.1 Å². The summed E-state index contributed by atoms with van der Waals surface area (Å²) in [5.41, 5.74) is 6.11. The van der Waals surface area contributed by atoms with Crippen molar-refractivity contribution in [1.29, 1.82) is 5.26 Å². The highest BCUT2D eigenvalue weighted by Gasteiger charge is 2.22. The first-order valence-electron chi connectivity index (χ1n) is 14.5. The zero-order chi connectivity index (χ0) is 29.1. The molecule has 1 aliphatic rings. The molecule has 0 unspecified atom stereocenters. The van der Waals surface area contributed by atoms with Gasteiger partial charge in [0.1, 0.15) is 18.2 Å². The minimum Gasteiger partial charge on any atom is -0.489 e.